The van der Waals surface area contributed by atoms with Gasteiger partial charge in [-0.05, 0) is 68.2 Å². The van der Waals surface area contributed by atoms with Crippen LogP contribution in [0, 0.1) is 23.6 Å². The van der Waals surface area contributed by atoms with Crippen LogP contribution in [0.2, 0.25) is 0 Å². The summed E-state index contributed by atoms with van der Waals surface area (Å²) < 4.78 is 14.7. The highest BCUT2D eigenvalue weighted by atomic mass is 79.9. The molecule has 0 saturated heterocycles. The third kappa shape index (κ3) is 2.48. The third-order valence-electron chi connectivity index (χ3n) is 4.67. The summed E-state index contributed by atoms with van der Waals surface area (Å²) in [5.41, 5.74) is 0.832. The van der Waals surface area contributed by atoms with E-state index >= 15 is 0 Å². The number of hydrogen-bond acceptors (Lipinski definition) is 1. The van der Waals surface area contributed by atoms with Crippen molar-refractivity contribution in [2.24, 2.45) is 17.8 Å². The van der Waals surface area contributed by atoms with Crippen molar-refractivity contribution in [2.45, 2.75) is 31.7 Å². The first kappa shape index (κ1) is 12.6. The average Bonchev–Trinajstić information content (AvgIpc) is 2.95. The number of halogens is 2. The van der Waals surface area contributed by atoms with E-state index < -0.39 is 0 Å². The zero-order valence-electron chi connectivity index (χ0n) is 10.6. The molecule has 2 fully saturated rings. The molecule has 0 aliphatic heterocycles. The van der Waals surface area contributed by atoms with E-state index in [1.54, 1.807) is 6.07 Å². The Hall–Kier alpha value is -0.410. The second-order valence-corrected chi connectivity index (χ2v) is 6.74. The molecule has 3 heteroatoms. The van der Waals surface area contributed by atoms with Gasteiger partial charge in [-0.1, -0.05) is 22.0 Å². The summed E-state index contributed by atoms with van der Waals surface area (Å²) in [7, 11) is 2.01. The Balaban J connectivity index is 1.69. The van der Waals surface area contributed by atoms with Crippen LogP contribution in [0.1, 0.15) is 24.8 Å². The van der Waals surface area contributed by atoms with Crippen LogP contribution in [-0.4, -0.2) is 13.1 Å². The predicted octanol–water partition coefficient (Wildman–Crippen LogP) is 3.76. The Morgan fingerprint density at radius 2 is 2.06 bits per heavy atom. The lowest BCUT2D eigenvalue weighted by molar-refractivity contribution is 0.346. The van der Waals surface area contributed by atoms with Gasteiger partial charge in [-0.3, -0.25) is 0 Å². The first-order chi connectivity index (χ1) is 8.67. The minimum Gasteiger partial charge on any atom is -0.316 e. The van der Waals surface area contributed by atoms with Gasteiger partial charge in [0, 0.05) is 10.5 Å². The molecular weight excluding hydrogens is 293 g/mol. The normalized spacial score (nSPS) is 31.2. The first-order valence-electron chi connectivity index (χ1n) is 6.78. The van der Waals surface area contributed by atoms with E-state index in [9.17, 15) is 4.39 Å². The maximum Gasteiger partial charge on any atom is 0.127 e. The number of hydrogen-bond donors (Lipinski definition) is 1. The average molecular weight is 312 g/mol. The molecule has 1 aromatic rings. The summed E-state index contributed by atoms with van der Waals surface area (Å²) in [5, 5.41) is 3.40. The van der Waals surface area contributed by atoms with Gasteiger partial charge < -0.3 is 5.32 Å². The number of likely N-dealkylation sites (N-methyl/N-ethyl adjacent to an activating group) is 1. The summed E-state index contributed by atoms with van der Waals surface area (Å²) >= 11 is 3.30. The van der Waals surface area contributed by atoms with Gasteiger partial charge in [-0.15, -0.1) is 0 Å². The molecule has 18 heavy (non-hydrogen) atoms. The molecule has 3 rings (SSSR count). The van der Waals surface area contributed by atoms with Gasteiger partial charge >= 0.3 is 0 Å². The van der Waals surface area contributed by atoms with Crippen molar-refractivity contribution in [3.05, 3.63) is 34.1 Å². The van der Waals surface area contributed by atoms with Crippen LogP contribution < -0.4 is 5.32 Å². The molecule has 2 saturated carbocycles. The minimum atomic E-state index is -0.0900. The standard InChI is InChI=1S/C15H19BrFN/c1-18-15(12-5-10-4-11(10)6-12)7-9-2-3-13(16)8-14(9)17/h2-3,8,10-12,15,18H,4-7H2,1H3. The lowest BCUT2D eigenvalue weighted by Gasteiger charge is -2.24. The number of fused-ring (bicyclic) bond motifs is 1. The molecule has 0 heterocycles. The fourth-order valence-electron chi connectivity index (χ4n) is 3.52. The number of benzene rings is 1. The summed E-state index contributed by atoms with van der Waals surface area (Å²) in [5.74, 6) is 2.62. The fraction of sp³-hybridized carbons (Fsp3) is 0.600. The maximum atomic E-state index is 13.9. The van der Waals surface area contributed by atoms with Gasteiger partial charge in [0.1, 0.15) is 5.82 Å². The summed E-state index contributed by atoms with van der Waals surface area (Å²) in [6.07, 6.45) is 4.93. The Morgan fingerprint density at radius 1 is 1.33 bits per heavy atom. The molecule has 0 amide bonds. The van der Waals surface area contributed by atoms with Crippen LogP contribution in [0.15, 0.2) is 22.7 Å². The molecule has 1 aromatic carbocycles. The Morgan fingerprint density at radius 3 is 2.67 bits per heavy atom. The molecule has 0 aromatic heterocycles. The Bertz CT molecular complexity index is 438. The van der Waals surface area contributed by atoms with E-state index in [0.717, 1.165) is 34.2 Å². The molecule has 98 valence electrons. The Kier molecular flexibility index (Phi) is 3.46. The van der Waals surface area contributed by atoms with Crippen molar-refractivity contribution in [1.29, 1.82) is 0 Å². The van der Waals surface area contributed by atoms with Gasteiger partial charge in [-0.25, -0.2) is 4.39 Å². The zero-order valence-corrected chi connectivity index (χ0v) is 12.2. The lowest BCUT2D eigenvalue weighted by Crippen LogP contribution is -2.35. The van der Waals surface area contributed by atoms with E-state index in [4.69, 9.17) is 0 Å². The minimum absolute atomic E-state index is 0.0900. The van der Waals surface area contributed by atoms with Crippen LogP contribution in [0.5, 0.6) is 0 Å². The van der Waals surface area contributed by atoms with Gasteiger partial charge in [0.05, 0.1) is 0 Å². The molecule has 3 unspecified atom stereocenters. The summed E-state index contributed by atoms with van der Waals surface area (Å²) in [6.45, 7) is 0. The van der Waals surface area contributed by atoms with Gasteiger partial charge in [-0.2, -0.15) is 0 Å². The van der Waals surface area contributed by atoms with E-state index in [2.05, 4.69) is 21.2 Å². The van der Waals surface area contributed by atoms with Crippen LogP contribution in [0.3, 0.4) is 0 Å². The van der Waals surface area contributed by atoms with Crippen molar-refractivity contribution >= 4 is 15.9 Å². The van der Waals surface area contributed by atoms with Crippen molar-refractivity contribution in [1.82, 2.24) is 5.32 Å². The van der Waals surface area contributed by atoms with Crippen molar-refractivity contribution in [3.63, 3.8) is 0 Å². The van der Waals surface area contributed by atoms with Crippen molar-refractivity contribution in [2.75, 3.05) is 7.05 Å². The molecule has 3 atom stereocenters. The molecular formula is C15H19BrFN. The quantitative estimate of drug-likeness (QED) is 0.892. The van der Waals surface area contributed by atoms with E-state index in [-0.39, 0.29) is 5.82 Å². The molecule has 2 aliphatic carbocycles. The zero-order chi connectivity index (χ0) is 12.7. The second kappa shape index (κ2) is 4.93. The largest absolute Gasteiger partial charge is 0.316 e. The molecule has 2 aliphatic rings. The first-order valence-corrected chi connectivity index (χ1v) is 7.58. The highest BCUT2D eigenvalue weighted by Gasteiger charge is 2.47. The van der Waals surface area contributed by atoms with Crippen molar-refractivity contribution in [3.8, 4) is 0 Å². The summed E-state index contributed by atoms with van der Waals surface area (Å²) in [4.78, 5) is 0. The Labute approximate surface area is 116 Å². The summed E-state index contributed by atoms with van der Waals surface area (Å²) in [6, 6.07) is 5.82. The highest BCUT2D eigenvalue weighted by molar-refractivity contribution is 9.10. The number of nitrogens with one attached hydrogen (secondary N) is 1. The highest BCUT2D eigenvalue weighted by Crippen LogP contribution is 2.55. The fourth-order valence-corrected chi connectivity index (χ4v) is 3.85. The second-order valence-electron chi connectivity index (χ2n) is 5.82. The van der Waals surface area contributed by atoms with Gasteiger partial charge in [0.2, 0.25) is 0 Å². The van der Waals surface area contributed by atoms with Gasteiger partial charge in [0.25, 0.3) is 0 Å². The molecule has 0 bridgehead atoms. The van der Waals surface area contributed by atoms with Crippen LogP contribution in [-0.2, 0) is 6.42 Å². The van der Waals surface area contributed by atoms with Crippen LogP contribution >= 0.6 is 15.9 Å². The van der Waals surface area contributed by atoms with Crippen molar-refractivity contribution < 1.29 is 4.39 Å². The van der Waals surface area contributed by atoms with E-state index in [0.29, 0.717) is 6.04 Å². The SMILES string of the molecule is CNC(Cc1ccc(Br)cc1F)C1CC2CC2C1. The third-order valence-corrected chi connectivity index (χ3v) is 5.17. The molecule has 1 nitrogen and oxygen atoms in total. The lowest BCUT2D eigenvalue weighted by atomic mass is 9.89. The molecule has 1 N–H and O–H groups in total. The smallest absolute Gasteiger partial charge is 0.127 e. The van der Waals surface area contributed by atoms with Crippen LogP contribution in [0.4, 0.5) is 4.39 Å². The van der Waals surface area contributed by atoms with E-state index in [1.807, 2.05) is 19.2 Å². The topological polar surface area (TPSA) is 12.0 Å². The maximum absolute atomic E-state index is 13.9. The van der Waals surface area contributed by atoms with Crippen LogP contribution in [0.25, 0.3) is 0 Å². The monoisotopic (exact) mass is 311 g/mol. The van der Waals surface area contributed by atoms with Gasteiger partial charge in [0.15, 0.2) is 0 Å². The molecule has 0 radical (unpaired) electrons. The van der Waals surface area contributed by atoms with E-state index in [1.165, 1.54) is 19.3 Å². The predicted molar refractivity (Wildman–Crippen MR) is 75.0 cm³/mol. The number of rotatable bonds is 4. The molecule has 0 spiro atoms.